The second-order valence-corrected chi connectivity index (χ2v) is 7.46. The van der Waals surface area contributed by atoms with Gasteiger partial charge < -0.3 is 9.73 Å². The van der Waals surface area contributed by atoms with Gasteiger partial charge in [-0.05, 0) is 36.8 Å². The Balaban J connectivity index is 1.63. The Bertz CT molecular complexity index is 1020. The third-order valence-electron chi connectivity index (χ3n) is 3.90. The van der Waals surface area contributed by atoms with Gasteiger partial charge in [0.2, 0.25) is 15.9 Å². The van der Waals surface area contributed by atoms with Gasteiger partial charge in [0.25, 0.3) is 0 Å². The fourth-order valence-electron chi connectivity index (χ4n) is 2.57. The number of furan rings is 1. The molecule has 2 aromatic carbocycles. The first-order chi connectivity index (χ1) is 11.8. The normalized spacial score (nSPS) is 11.6. The summed E-state index contributed by atoms with van der Waals surface area (Å²) < 4.78 is 27.9. The van der Waals surface area contributed by atoms with Gasteiger partial charge in [-0.25, -0.2) is 13.6 Å². The number of carbonyl (C=O) groups is 1. The molecule has 3 N–H and O–H groups in total. The maximum atomic E-state index is 12.2. The highest BCUT2D eigenvalue weighted by Crippen LogP contribution is 2.22. The first kappa shape index (κ1) is 17.2. The number of hydrogen-bond donors (Lipinski definition) is 2. The summed E-state index contributed by atoms with van der Waals surface area (Å²) >= 11 is 0. The van der Waals surface area contributed by atoms with Crippen LogP contribution in [0.15, 0.2) is 58.0 Å². The predicted molar refractivity (Wildman–Crippen MR) is 94.3 cm³/mol. The molecular formula is C18H18N2O4S. The van der Waals surface area contributed by atoms with Crippen LogP contribution in [-0.4, -0.2) is 14.3 Å². The van der Waals surface area contributed by atoms with Gasteiger partial charge in [0, 0.05) is 17.5 Å². The number of sulfonamides is 1. The zero-order valence-electron chi connectivity index (χ0n) is 13.7. The van der Waals surface area contributed by atoms with E-state index in [1.165, 1.54) is 12.1 Å². The number of amides is 1. The van der Waals surface area contributed by atoms with Crippen LogP contribution in [0.5, 0.6) is 0 Å². The number of benzene rings is 2. The van der Waals surface area contributed by atoms with Crippen LogP contribution in [0.3, 0.4) is 0 Å². The molecule has 130 valence electrons. The van der Waals surface area contributed by atoms with Crippen molar-refractivity contribution in [2.75, 3.05) is 0 Å². The highest BCUT2D eigenvalue weighted by molar-refractivity contribution is 7.89. The number of carbonyl (C=O) groups excluding carboxylic acids is 1. The minimum Gasteiger partial charge on any atom is -0.464 e. The molecule has 1 amide bonds. The summed E-state index contributed by atoms with van der Waals surface area (Å²) in [6, 6.07) is 11.9. The maximum absolute atomic E-state index is 12.2. The van der Waals surface area contributed by atoms with Crippen LogP contribution in [0.1, 0.15) is 16.7 Å². The van der Waals surface area contributed by atoms with Gasteiger partial charge in [0.1, 0.15) is 5.58 Å². The van der Waals surface area contributed by atoms with Gasteiger partial charge in [-0.1, -0.05) is 23.8 Å². The van der Waals surface area contributed by atoms with E-state index in [1.54, 1.807) is 18.4 Å². The Morgan fingerprint density at radius 1 is 1.16 bits per heavy atom. The molecule has 0 bridgehead atoms. The van der Waals surface area contributed by atoms with Crippen molar-refractivity contribution < 1.29 is 17.6 Å². The summed E-state index contributed by atoms with van der Waals surface area (Å²) in [5.74, 6) is -0.139. The van der Waals surface area contributed by atoms with Crippen LogP contribution in [0.2, 0.25) is 0 Å². The third-order valence-corrected chi connectivity index (χ3v) is 4.83. The van der Waals surface area contributed by atoms with Crippen LogP contribution >= 0.6 is 0 Å². The van der Waals surface area contributed by atoms with Crippen LogP contribution in [0.4, 0.5) is 0 Å². The minimum atomic E-state index is -3.71. The zero-order valence-corrected chi connectivity index (χ0v) is 14.5. The van der Waals surface area contributed by atoms with Crippen molar-refractivity contribution in [2.45, 2.75) is 24.8 Å². The van der Waals surface area contributed by atoms with Crippen molar-refractivity contribution >= 4 is 26.9 Å². The van der Waals surface area contributed by atoms with Crippen molar-refractivity contribution in [3.8, 4) is 0 Å². The van der Waals surface area contributed by atoms with Gasteiger partial charge in [0.15, 0.2) is 0 Å². The Morgan fingerprint density at radius 2 is 1.88 bits per heavy atom. The number of primary sulfonamides is 1. The average Bonchev–Trinajstić information content (AvgIpc) is 2.95. The predicted octanol–water partition coefficient (Wildman–Crippen LogP) is 2.25. The second kappa shape index (κ2) is 6.70. The van der Waals surface area contributed by atoms with E-state index in [1.807, 2.05) is 25.1 Å². The summed E-state index contributed by atoms with van der Waals surface area (Å²) in [5.41, 5.74) is 3.48. The van der Waals surface area contributed by atoms with Crippen LogP contribution in [-0.2, 0) is 27.8 Å². The molecule has 3 aromatic rings. The van der Waals surface area contributed by atoms with E-state index in [0.29, 0.717) is 6.54 Å². The van der Waals surface area contributed by atoms with Crippen molar-refractivity contribution in [2.24, 2.45) is 5.14 Å². The molecule has 0 radical (unpaired) electrons. The standard InChI is InChI=1S/C18H18N2O4S/c1-12-2-7-17-16(8-12)14(11-24-17)9-18(21)20-10-13-3-5-15(6-4-13)25(19,22)23/h2-8,11H,9-10H2,1H3,(H,20,21)(H2,19,22,23). The summed E-state index contributed by atoms with van der Waals surface area (Å²) in [7, 11) is -3.71. The highest BCUT2D eigenvalue weighted by Gasteiger charge is 2.11. The second-order valence-electron chi connectivity index (χ2n) is 5.90. The van der Waals surface area contributed by atoms with E-state index in [2.05, 4.69) is 5.32 Å². The van der Waals surface area contributed by atoms with Crippen LogP contribution in [0, 0.1) is 6.92 Å². The highest BCUT2D eigenvalue weighted by atomic mass is 32.2. The topological polar surface area (TPSA) is 102 Å². The lowest BCUT2D eigenvalue weighted by Crippen LogP contribution is -2.24. The summed E-state index contributed by atoms with van der Waals surface area (Å²) in [6.07, 6.45) is 1.82. The number of nitrogens with one attached hydrogen (secondary N) is 1. The molecular weight excluding hydrogens is 340 g/mol. The van der Waals surface area contributed by atoms with Crippen molar-refractivity contribution in [3.05, 3.63) is 65.4 Å². The molecule has 3 rings (SSSR count). The lowest BCUT2D eigenvalue weighted by atomic mass is 10.1. The van der Waals surface area contributed by atoms with E-state index in [-0.39, 0.29) is 17.2 Å². The molecule has 0 saturated carbocycles. The van der Waals surface area contributed by atoms with Crippen LogP contribution < -0.4 is 10.5 Å². The fourth-order valence-corrected chi connectivity index (χ4v) is 3.08. The molecule has 6 nitrogen and oxygen atoms in total. The Morgan fingerprint density at radius 3 is 2.56 bits per heavy atom. The Kier molecular flexibility index (Phi) is 4.61. The number of hydrogen-bond acceptors (Lipinski definition) is 4. The number of fused-ring (bicyclic) bond motifs is 1. The largest absolute Gasteiger partial charge is 0.464 e. The van der Waals surface area contributed by atoms with Gasteiger partial charge in [-0.2, -0.15) is 0 Å². The zero-order chi connectivity index (χ0) is 18.0. The first-order valence-corrected chi connectivity index (χ1v) is 9.23. The molecule has 0 aliphatic heterocycles. The van der Waals surface area contributed by atoms with Gasteiger partial charge in [0.05, 0.1) is 17.6 Å². The molecule has 1 heterocycles. The smallest absolute Gasteiger partial charge is 0.238 e. The van der Waals surface area contributed by atoms with Crippen molar-refractivity contribution in [1.29, 1.82) is 0 Å². The average molecular weight is 358 g/mol. The van der Waals surface area contributed by atoms with Crippen molar-refractivity contribution in [1.82, 2.24) is 5.32 Å². The van der Waals surface area contributed by atoms with E-state index in [0.717, 1.165) is 27.7 Å². The van der Waals surface area contributed by atoms with E-state index >= 15 is 0 Å². The summed E-state index contributed by atoms with van der Waals surface area (Å²) in [6.45, 7) is 2.29. The molecule has 25 heavy (non-hydrogen) atoms. The molecule has 7 heteroatoms. The maximum Gasteiger partial charge on any atom is 0.238 e. The summed E-state index contributed by atoms with van der Waals surface area (Å²) in [4.78, 5) is 12.2. The summed E-state index contributed by atoms with van der Waals surface area (Å²) in [5, 5.41) is 8.81. The number of aryl methyl sites for hydroxylation is 1. The fraction of sp³-hybridized carbons (Fsp3) is 0.167. The monoisotopic (exact) mass is 358 g/mol. The quantitative estimate of drug-likeness (QED) is 0.730. The van der Waals surface area contributed by atoms with Crippen LogP contribution in [0.25, 0.3) is 11.0 Å². The number of rotatable bonds is 5. The first-order valence-electron chi connectivity index (χ1n) is 7.68. The molecule has 0 atom stereocenters. The van der Waals surface area contributed by atoms with Gasteiger partial charge >= 0.3 is 0 Å². The minimum absolute atomic E-state index is 0.0443. The molecule has 1 aromatic heterocycles. The lowest BCUT2D eigenvalue weighted by molar-refractivity contribution is -0.120. The Labute approximate surface area is 145 Å². The third kappa shape index (κ3) is 4.07. The Hall–Kier alpha value is -2.64. The van der Waals surface area contributed by atoms with E-state index < -0.39 is 10.0 Å². The van der Waals surface area contributed by atoms with E-state index in [4.69, 9.17) is 9.56 Å². The molecule has 0 aliphatic carbocycles. The SMILES string of the molecule is Cc1ccc2occ(CC(=O)NCc3ccc(S(N)(=O)=O)cc3)c2c1. The van der Waals surface area contributed by atoms with Gasteiger partial charge in [-0.15, -0.1) is 0 Å². The van der Waals surface area contributed by atoms with Gasteiger partial charge in [-0.3, -0.25) is 4.79 Å². The molecule has 0 saturated heterocycles. The molecule has 0 spiro atoms. The lowest BCUT2D eigenvalue weighted by Gasteiger charge is -2.06. The van der Waals surface area contributed by atoms with E-state index in [9.17, 15) is 13.2 Å². The molecule has 0 fully saturated rings. The molecule has 0 aliphatic rings. The number of nitrogens with two attached hydrogens (primary N) is 1. The van der Waals surface area contributed by atoms with Crippen molar-refractivity contribution in [3.63, 3.8) is 0 Å². The molecule has 0 unspecified atom stereocenters.